The van der Waals surface area contributed by atoms with Crippen LogP contribution in [0.2, 0.25) is 0 Å². The standard InChI is InChI=1S/C18H24FN3O/c1-14(2)17-4-3-15(11-18(17)19)16-12-20-22(13-16)6-5-21-7-9-23-10-8-21/h3-4,11-14H,5-10H2,1-2H3. The zero-order valence-electron chi connectivity index (χ0n) is 13.8. The van der Waals surface area contributed by atoms with Crippen molar-refractivity contribution in [3.63, 3.8) is 0 Å². The number of aromatic nitrogens is 2. The van der Waals surface area contributed by atoms with E-state index >= 15 is 0 Å². The van der Waals surface area contributed by atoms with Crippen LogP contribution in [0.15, 0.2) is 30.6 Å². The lowest BCUT2D eigenvalue weighted by Crippen LogP contribution is -2.38. The van der Waals surface area contributed by atoms with E-state index in [0.29, 0.717) is 0 Å². The molecule has 0 radical (unpaired) electrons. The second kappa shape index (κ2) is 7.23. The Labute approximate surface area is 136 Å². The van der Waals surface area contributed by atoms with Crippen molar-refractivity contribution in [1.29, 1.82) is 0 Å². The van der Waals surface area contributed by atoms with Crippen molar-refractivity contribution >= 4 is 0 Å². The van der Waals surface area contributed by atoms with E-state index in [1.54, 1.807) is 6.07 Å². The van der Waals surface area contributed by atoms with Gasteiger partial charge in [-0.3, -0.25) is 9.58 Å². The second-order valence-corrected chi connectivity index (χ2v) is 6.34. The number of hydrogen-bond acceptors (Lipinski definition) is 3. The SMILES string of the molecule is CC(C)c1ccc(-c2cnn(CCN3CCOCC3)c2)cc1F. The summed E-state index contributed by atoms with van der Waals surface area (Å²) >= 11 is 0. The minimum Gasteiger partial charge on any atom is -0.379 e. The van der Waals surface area contributed by atoms with Gasteiger partial charge in [0.15, 0.2) is 0 Å². The Kier molecular flexibility index (Phi) is 5.08. The van der Waals surface area contributed by atoms with Crippen LogP contribution in [-0.4, -0.2) is 47.5 Å². The Balaban J connectivity index is 1.65. The van der Waals surface area contributed by atoms with Gasteiger partial charge in [-0.25, -0.2) is 4.39 Å². The highest BCUT2D eigenvalue weighted by Gasteiger charge is 2.12. The zero-order chi connectivity index (χ0) is 16.2. The lowest BCUT2D eigenvalue weighted by Gasteiger charge is -2.26. The largest absolute Gasteiger partial charge is 0.379 e. The fourth-order valence-corrected chi connectivity index (χ4v) is 2.88. The third-order valence-corrected chi connectivity index (χ3v) is 4.34. The van der Waals surface area contributed by atoms with Gasteiger partial charge in [-0.1, -0.05) is 26.0 Å². The van der Waals surface area contributed by atoms with Gasteiger partial charge in [0.05, 0.1) is 26.0 Å². The van der Waals surface area contributed by atoms with Crippen LogP contribution < -0.4 is 0 Å². The van der Waals surface area contributed by atoms with Gasteiger partial charge < -0.3 is 4.74 Å². The number of rotatable bonds is 5. The molecule has 0 amide bonds. The van der Waals surface area contributed by atoms with E-state index < -0.39 is 0 Å². The van der Waals surface area contributed by atoms with E-state index in [1.807, 2.05) is 43.1 Å². The van der Waals surface area contributed by atoms with Crippen LogP contribution in [0.3, 0.4) is 0 Å². The number of ether oxygens (including phenoxy) is 1. The Morgan fingerprint density at radius 3 is 2.65 bits per heavy atom. The van der Waals surface area contributed by atoms with Crippen molar-refractivity contribution in [2.45, 2.75) is 26.3 Å². The average Bonchev–Trinajstić information content (AvgIpc) is 3.02. The van der Waals surface area contributed by atoms with Crippen molar-refractivity contribution in [2.24, 2.45) is 0 Å². The lowest BCUT2D eigenvalue weighted by molar-refractivity contribution is 0.0360. The molecule has 2 aromatic rings. The van der Waals surface area contributed by atoms with E-state index in [9.17, 15) is 4.39 Å². The summed E-state index contributed by atoms with van der Waals surface area (Å²) in [7, 11) is 0. The molecule has 0 spiro atoms. The number of halogens is 1. The molecule has 3 rings (SSSR count). The molecule has 0 saturated carbocycles. The summed E-state index contributed by atoms with van der Waals surface area (Å²) in [5, 5.41) is 4.40. The molecule has 1 aromatic carbocycles. The molecule has 1 aliphatic rings. The van der Waals surface area contributed by atoms with Gasteiger partial charge in [-0.2, -0.15) is 5.10 Å². The van der Waals surface area contributed by atoms with E-state index in [2.05, 4.69) is 10.00 Å². The molecule has 5 heteroatoms. The molecule has 1 saturated heterocycles. The fraction of sp³-hybridized carbons (Fsp3) is 0.500. The molecule has 0 atom stereocenters. The van der Waals surface area contributed by atoms with E-state index in [1.165, 1.54) is 0 Å². The second-order valence-electron chi connectivity index (χ2n) is 6.34. The van der Waals surface area contributed by atoms with Crippen LogP contribution >= 0.6 is 0 Å². The molecular weight excluding hydrogens is 293 g/mol. The molecule has 0 aliphatic carbocycles. The quantitative estimate of drug-likeness (QED) is 0.849. The molecule has 2 heterocycles. The Morgan fingerprint density at radius 1 is 1.17 bits per heavy atom. The first-order valence-electron chi connectivity index (χ1n) is 8.26. The highest BCUT2D eigenvalue weighted by molar-refractivity contribution is 5.62. The molecule has 124 valence electrons. The average molecular weight is 317 g/mol. The van der Waals surface area contributed by atoms with E-state index in [-0.39, 0.29) is 11.7 Å². The molecule has 1 fully saturated rings. The minimum absolute atomic E-state index is 0.140. The van der Waals surface area contributed by atoms with Crippen LogP contribution in [0.4, 0.5) is 4.39 Å². The van der Waals surface area contributed by atoms with Gasteiger partial charge in [0.2, 0.25) is 0 Å². The maximum Gasteiger partial charge on any atom is 0.127 e. The van der Waals surface area contributed by atoms with Crippen LogP contribution in [0.25, 0.3) is 11.1 Å². The maximum atomic E-state index is 14.1. The summed E-state index contributed by atoms with van der Waals surface area (Å²) in [6.07, 6.45) is 3.80. The van der Waals surface area contributed by atoms with Gasteiger partial charge >= 0.3 is 0 Å². The first-order chi connectivity index (χ1) is 11.1. The van der Waals surface area contributed by atoms with Crippen LogP contribution in [0.5, 0.6) is 0 Å². The highest BCUT2D eigenvalue weighted by atomic mass is 19.1. The summed E-state index contributed by atoms with van der Waals surface area (Å²) < 4.78 is 21.4. The third-order valence-electron chi connectivity index (χ3n) is 4.34. The third kappa shape index (κ3) is 3.98. The van der Waals surface area contributed by atoms with Gasteiger partial charge in [0.1, 0.15) is 5.82 Å². The summed E-state index contributed by atoms with van der Waals surface area (Å²) in [6.45, 7) is 9.39. The van der Waals surface area contributed by atoms with Gasteiger partial charge in [-0.15, -0.1) is 0 Å². The predicted molar refractivity (Wildman–Crippen MR) is 89.0 cm³/mol. The number of benzene rings is 1. The fourth-order valence-electron chi connectivity index (χ4n) is 2.88. The smallest absolute Gasteiger partial charge is 0.127 e. The monoisotopic (exact) mass is 317 g/mol. The van der Waals surface area contributed by atoms with Crippen molar-refractivity contribution < 1.29 is 9.13 Å². The first kappa shape index (κ1) is 16.1. The topological polar surface area (TPSA) is 30.3 Å². The Hall–Kier alpha value is -1.72. The van der Waals surface area contributed by atoms with Crippen molar-refractivity contribution in [1.82, 2.24) is 14.7 Å². The minimum atomic E-state index is -0.140. The summed E-state index contributed by atoms with van der Waals surface area (Å²) in [4.78, 5) is 2.38. The summed E-state index contributed by atoms with van der Waals surface area (Å²) in [6, 6.07) is 5.46. The molecule has 1 aromatic heterocycles. The summed E-state index contributed by atoms with van der Waals surface area (Å²) in [5.74, 6) is 0.0545. The van der Waals surface area contributed by atoms with Gasteiger partial charge in [0, 0.05) is 31.4 Å². The van der Waals surface area contributed by atoms with Crippen LogP contribution in [-0.2, 0) is 11.3 Å². The Morgan fingerprint density at radius 2 is 1.96 bits per heavy atom. The van der Waals surface area contributed by atoms with Crippen molar-refractivity contribution in [3.05, 3.63) is 42.0 Å². The number of hydrogen-bond donors (Lipinski definition) is 0. The summed E-state index contributed by atoms with van der Waals surface area (Å²) in [5.41, 5.74) is 2.60. The molecular formula is C18H24FN3O. The molecule has 0 unspecified atom stereocenters. The maximum absolute atomic E-state index is 14.1. The van der Waals surface area contributed by atoms with Crippen LogP contribution in [0.1, 0.15) is 25.3 Å². The van der Waals surface area contributed by atoms with Gasteiger partial charge in [0.25, 0.3) is 0 Å². The molecule has 4 nitrogen and oxygen atoms in total. The molecule has 0 bridgehead atoms. The van der Waals surface area contributed by atoms with E-state index in [0.717, 1.165) is 56.1 Å². The van der Waals surface area contributed by atoms with Crippen LogP contribution in [0, 0.1) is 5.82 Å². The molecule has 0 N–H and O–H groups in total. The Bertz CT molecular complexity index is 647. The van der Waals surface area contributed by atoms with Gasteiger partial charge in [-0.05, 0) is 23.1 Å². The lowest BCUT2D eigenvalue weighted by atomic mass is 9.99. The number of morpholine rings is 1. The van der Waals surface area contributed by atoms with Crippen molar-refractivity contribution in [3.8, 4) is 11.1 Å². The molecule has 1 aliphatic heterocycles. The highest BCUT2D eigenvalue weighted by Crippen LogP contribution is 2.25. The predicted octanol–water partition coefficient (Wildman–Crippen LogP) is 3.14. The van der Waals surface area contributed by atoms with E-state index in [4.69, 9.17) is 4.74 Å². The molecule has 23 heavy (non-hydrogen) atoms. The normalized spacial score (nSPS) is 16.2. The first-order valence-corrected chi connectivity index (χ1v) is 8.26. The van der Waals surface area contributed by atoms with Crippen molar-refractivity contribution in [2.75, 3.05) is 32.8 Å². The number of nitrogens with zero attached hydrogens (tertiary/aromatic N) is 3. The zero-order valence-corrected chi connectivity index (χ0v) is 13.8.